The maximum Gasteiger partial charge on any atom is 0.343 e. The first kappa shape index (κ1) is 28.8. The van der Waals surface area contributed by atoms with E-state index in [0.29, 0.717) is 24.0 Å². The maximum atomic E-state index is 14.2. The van der Waals surface area contributed by atoms with Gasteiger partial charge in [-0.1, -0.05) is 23.8 Å². The fourth-order valence-corrected chi connectivity index (χ4v) is 8.92. The van der Waals surface area contributed by atoms with E-state index >= 15 is 0 Å². The summed E-state index contributed by atoms with van der Waals surface area (Å²) in [6.07, 6.45) is -2.95. The van der Waals surface area contributed by atoms with Gasteiger partial charge < -0.3 is 33.9 Å². The second-order valence-electron chi connectivity index (χ2n) is 12.8. The average molecular weight is 585 g/mol. The van der Waals surface area contributed by atoms with Gasteiger partial charge >= 0.3 is 23.9 Å². The van der Waals surface area contributed by atoms with Gasteiger partial charge in [0.15, 0.2) is 11.2 Å². The Labute approximate surface area is 243 Å². The van der Waals surface area contributed by atoms with E-state index < -0.39 is 82.3 Å². The van der Waals surface area contributed by atoms with E-state index in [9.17, 15) is 29.4 Å². The molecule has 0 radical (unpaired) electrons. The van der Waals surface area contributed by atoms with Gasteiger partial charge in [-0.3, -0.25) is 9.59 Å². The Bertz CT molecular complexity index is 1400. The lowest BCUT2D eigenvalue weighted by Crippen LogP contribution is -2.89. The topological polar surface area (TPSA) is 155 Å². The highest BCUT2D eigenvalue weighted by Crippen LogP contribution is 2.75. The highest BCUT2D eigenvalue weighted by molar-refractivity contribution is 5.91. The van der Waals surface area contributed by atoms with E-state index in [1.165, 1.54) is 13.8 Å². The van der Waals surface area contributed by atoms with Crippen molar-refractivity contribution in [2.45, 2.75) is 89.0 Å². The third-order valence-corrected chi connectivity index (χ3v) is 10.6. The molecule has 3 aliphatic carbocycles. The fourth-order valence-electron chi connectivity index (χ4n) is 8.92. The number of hydrogen-bond acceptors (Lipinski definition) is 11. The Balaban J connectivity index is 1.69. The van der Waals surface area contributed by atoms with Crippen molar-refractivity contribution in [3.63, 3.8) is 0 Å². The molecule has 0 amide bonds. The number of cyclic esters (lactones) is 1. The summed E-state index contributed by atoms with van der Waals surface area (Å²) in [6, 6.07) is 8.34. The first-order valence-corrected chi connectivity index (χ1v) is 14.2. The van der Waals surface area contributed by atoms with Crippen molar-refractivity contribution in [3.05, 3.63) is 47.0 Å². The van der Waals surface area contributed by atoms with Crippen LogP contribution in [0.1, 0.15) is 64.2 Å². The first-order valence-electron chi connectivity index (χ1n) is 14.2. The maximum absolute atomic E-state index is 14.2. The van der Waals surface area contributed by atoms with Crippen LogP contribution in [0.4, 0.5) is 0 Å². The molecule has 2 saturated heterocycles. The zero-order valence-corrected chi connectivity index (χ0v) is 24.3. The van der Waals surface area contributed by atoms with E-state index in [2.05, 4.69) is 0 Å². The summed E-state index contributed by atoms with van der Waals surface area (Å²) in [6.45, 7) is 6.82. The summed E-state index contributed by atoms with van der Waals surface area (Å²) >= 11 is 0. The van der Waals surface area contributed by atoms with Crippen molar-refractivity contribution in [1.29, 1.82) is 0 Å². The van der Waals surface area contributed by atoms with Crippen molar-refractivity contribution in [3.8, 4) is 0 Å². The molecule has 11 heteroatoms. The van der Waals surface area contributed by atoms with Gasteiger partial charge in [0.2, 0.25) is 0 Å². The minimum Gasteiger partial charge on any atom is -0.465 e. The largest absolute Gasteiger partial charge is 0.465 e. The van der Waals surface area contributed by atoms with Gasteiger partial charge in [-0.2, -0.15) is 0 Å². The normalized spacial score (nSPS) is 40.9. The molecule has 4 fully saturated rings. The number of carbonyl (C=O) groups is 4. The van der Waals surface area contributed by atoms with Crippen LogP contribution in [0.5, 0.6) is 0 Å². The van der Waals surface area contributed by atoms with E-state index in [1.54, 1.807) is 51.1 Å². The van der Waals surface area contributed by atoms with Gasteiger partial charge in [-0.15, -0.1) is 0 Å². The summed E-state index contributed by atoms with van der Waals surface area (Å²) in [4.78, 5) is 53.0. The molecule has 11 nitrogen and oxygen atoms in total. The van der Waals surface area contributed by atoms with Crippen molar-refractivity contribution in [1.82, 2.24) is 0 Å². The van der Waals surface area contributed by atoms with Crippen LogP contribution >= 0.6 is 0 Å². The molecule has 6 rings (SSSR count). The number of aliphatic hydroxyl groups is 2. The lowest BCUT2D eigenvalue weighted by Gasteiger charge is -2.74. The van der Waals surface area contributed by atoms with Gasteiger partial charge in [0.25, 0.3) is 0 Å². The van der Waals surface area contributed by atoms with E-state index in [1.807, 2.05) is 0 Å². The summed E-state index contributed by atoms with van der Waals surface area (Å²) in [5.74, 6) is -4.32. The van der Waals surface area contributed by atoms with Crippen LogP contribution in [-0.4, -0.2) is 82.4 Å². The van der Waals surface area contributed by atoms with Gasteiger partial charge in [-0.05, 0) is 51.3 Å². The summed E-state index contributed by atoms with van der Waals surface area (Å²) < 4.78 is 29.9. The van der Waals surface area contributed by atoms with Crippen LogP contribution in [0.2, 0.25) is 0 Å². The summed E-state index contributed by atoms with van der Waals surface area (Å²) in [5.41, 5.74) is -7.42. The van der Waals surface area contributed by atoms with E-state index in [0.717, 1.165) is 0 Å². The van der Waals surface area contributed by atoms with E-state index in [-0.39, 0.29) is 18.6 Å². The number of aliphatic hydroxyl groups excluding tert-OH is 1. The molecule has 8 atom stereocenters. The van der Waals surface area contributed by atoms with Gasteiger partial charge in [0.05, 0.1) is 35.0 Å². The fraction of sp³-hybridized carbons (Fsp3) is 0.613. The van der Waals surface area contributed by atoms with Crippen LogP contribution in [0.25, 0.3) is 0 Å². The van der Waals surface area contributed by atoms with Gasteiger partial charge in [-0.25, -0.2) is 9.59 Å². The number of benzene rings is 1. The molecule has 1 aromatic carbocycles. The second kappa shape index (κ2) is 9.11. The smallest absolute Gasteiger partial charge is 0.343 e. The molecular weight excluding hydrogens is 548 g/mol. The number of ether oxygens (including phenoxy) is 5. The van der Waals surface area contributed by atoms with Gasteiger partial charge in [0.1, 0.15) is 24.4 Å². The summed E-state index contributed by atoms with van der Waals surface area (Å²) in [5, 5.41) is 24.9. The number of rotatable bonds is 5. The molecular formula is C31H36O11. The molecule has 2 saturated carbocycles. The third kappa shape index (κ3) is 3.32. The van der Waals surface area contributed by atoms with Crippen LogP contribution in [0, 0.1) is 16.7 Å². The lowest BCUT2D eigenvalue weighted by atomic mass is 9.37. The molecule has 1 unspecified atom stereocenters. The van der Waals surface area contributed by atoms with Crippen molar-refractivity contribution < 1.29 is 53.1 Å². The molecule has 2 heterocycles. The molecule has 226 valence electrons. The lowest BCUT2D eigenvalue weighted by molar-refractivity contribution is -0.387. The molecule has 2 bridgehead atoms. The number of allylic oxidation sites excluding steroid dienone is 1. The van der Waals surface area contributed by atoms with Crippen LogP contribution in [0.15, 0.2) is 41.5 Å². The Morgan fingerprint density at radius 1 is 1.10 bits per heavy atom. The number of carbonyl (C=O) groups excluding carboxylic acids is 4. The third-order valence-electron chi connectivity index (χ3n) is 10.6. The number of hydrogen-bond donors (Lipinski definition) is 2. The standard InChI is InChI=1S/C31H36O11/c1-16-11-12-28-22(16)31(37,26(36)42-27(28,4)5)29(14-38-17(2)32)20(34)13-21-30(15-39-21,41-18(3)33)23(29)24(28)40-25(35)19-9-7-6-8-10-19/h6-10,20-21,23-24,34,37H,11-15H2,1-5H3/t20-,21+,23?,24-,28-,29+,30-,31+/m0/s1. The number of esters is 4. The zero-order valence-electron chi connectivity index (χ0n) is 24.3. The monoisotopic (exact) mass is 584 g/mol. The zero-order chi connectivity index (χ0) is 30.5. The highest BCUT2D eigenvalue weighted by atomic mass is 16.6. The Hall–Kier alpha value is -3.28. The number of fused-ring (bicyclic) bond motifs is 4. The highest BCUT2D eigenvalue weighted by Gasteiger charge is 2.88. The van der Waals surface area contributed by atoms with Crippen LogP contribution in [0.3, 0.4) is 0 Å². The molecule has 0 aromatic heterocycles. The molecule has 2 N–H and O–H groups in total. The molecule has 2 aliphatic heterocycles. The van der Waals surface area contributed by atoms with Gasteiger partial charge in [0, 0.05) is 20.3 Å². The predicted molar refractivity (Wildman–Crippen MR) is 143 cm³/mol. The minimum absolute atomic E-state index is 0.143. The summed E-state index contributed by atoms with van der Waals surface area (Å²) in [7, 11) is 0. The van der Waals surface area contributed by atoms with Crippen molar-refractivity contribution in [2.24, 2.45) is 16.7 Å². The van der Waals surface area contributed by atoms with E-state index in [4.69, 9.17) is 23.7 Å². The SMILES string of the molecule is CC(=O)OC[C@@]12C([C@H](OC(=O)c3ccccc3)[C@]34CCC(C)=C3[C@@]1(O)C(=O)OC4(C)C)[C@]1(OC(C)=O)CO[C@@H]1C[C@@H]2O. The predicted octanol–water partition coefficient (Wildman–Crippen LogP) is 2.02. The first-order chi connectivity index (χ1) is 19.7. The minimum atomic E-state index is -2.51. The molecule has 5 aliphatic rings. The quantitative estimate of drug-likeness (QED) is 0.297. The van der Waals surface area contributed by atoms with Crippen molar-refractivity contribution >= 4 is 23.9 Å². The average Bonchev–Trinajstić information content (AvgIpc) is 3.29. The Morgan fingerprint density at radius 2 is 1.79 bits per heavy atom. The Morgan fingerprint density at radius 3 is 2.38 bits per heavy atom. The van der Waals surface area contributed by atoms with Crippen molar-refractivity contribution in [2.75, 3.05) is 13.2 Å². The second-order valence-corrected chi connectivity index (χ2v) is 12.8. The molecule has 42 heavy (non-hydrogen) atoms. The molecule has 0 spiro atoms. The Kier molecular flexibility index (Phi) is 6.25. The van der Waals surface area contributed by atoms with Crippen LogP contribution in [-0.2, 0) is 38.1 Å². The molecule has 1 aromatic rings. The van der Waals surface area contributed by atoms with Crippen LogP contribution < -0.4 is 0 Å².